The molecule has 1 heterocycles. The zero-order valence-electron chi connectivity index (χ0n) is 13.9. The second-order valence-corrected chi connectivity index (χ2v) is 8.51. The van der Waals surface area contributed by atoms with Gasteiger partial charge in [-0.05, 0) is 36.8 Å². The number of nitrogens with one attached hydrogen (secondary N) is 2. The molecule has 1 amide bonds. The highest BCUT2D eigenvalue weighted by atomic mass is 32.2. The van der Waals surface area contributed by atoms with Gasteiger partial charge in [0, 0.05) is 24.0 Å². The van der Waals surface area contributed by atoms with Crippen LogP contribution in [0.2, 0.25) is 0 Å². The molecule has 6 nitrogen and oxygen atoms in total. The first-order valence-electron chi connectivity index (χ1n) is 7.50. The lowest BCUT2D eigenvalue weighted by Crippen LogP contribution is -2.22. The molecule has 0 aliphatic rings. The zero-order chi connectivity index (χ0) is 20.2. The Balaban J connectivity index is 2.21. The van der Waals surface area contributed by atoms with Crippen molar-refractivity contribution in [2.45, 2.75) is 23.7 Å². The Morgan fingerprint density at radius 2 is 1.96 bits per heavy atom. The number of halogens is 3. The van der Waals surface area contributed by atoms with Crippen molar-refractivity contribution < 1.29 is 26.4 Å². The zero-order valence-corrected chi connectivity index (χ0v) is 15.6. The third kappa shape index (κ3) is 5.45. The lowest BCUT2D eigenvalue weighted by atomic mass is 10.1. The van der Waals surface area contributed by atoms with Gasteiger partial charge < -0.3 is 5.32 Å². The summed E-state index contributed by atoms with van der Waals surface area (Å²) in [6.45, 7) is 1.70. The second kappa shape index (κ2) is 7.98. The van der Waals surface area contributed by atoms with Crippen LogP contribution in [0.25, 0.3) is 0 Å². The first-order valence-corrected chi connectivity index (χ1v) is 9.80. The van der Waals surface area contributed by atoms with E-state index in [1.807, 2.05) is 0 Å². The fourth-order valence-corrected chi connectivity index (χ4v) is 4.55. The molecule has 0 aliphatic carbocycles. The Bertz CT molecular complexity index is 992. The average molecular weight is 417 g/mol. The molecule has 11 heteroatoms. The predicted molar refractivity (Wildman–Crippen MR) is 93.7 cm³/mol. The Morgan fingerprint density at radius 3 is 2.56 bits per heavy atom. The summed E-state index contributed by atoms with van der Waals surface area (Å²) >= 11 is 0.952. The van der Waals surface area contributed by atoms with Crippen LogP contribution >= 0.6 is 11.3 Å². The second-order valence-electron chi connectivity index (χ2n) is 5.43. The van der Waals surface area contributed by atoms with Gasteiger partial charge in [-0.3, -0.25) is 9.52 Å². The van der Waals surface area contributed by atoms with E-state index in [1.165, 1.54) is 19.1 Å². The van der Waals surface area contributed by atoms with Crippen molar-refractivity contribution in [3.8, 4) is 6.07 Å². The minimum atomic E-state index is -4.79. The number of rotatable bonds is 6. The van der Waals surface area contributed by atoms with Gasteiger partial charge in [-0.1, -0.05) is 0 Å². The van der Waals surface area contributed by atoms with Crippen molar-refractivity contribution in [3.63, 3.8) is 0 Å². The number of alkyl halides is 3. The minimum Gasteiger partial charge on any atom is -0.356 e. The normalized spacial score (nSPS) is 11.7. The predicted octanol–water partition coefficient (Wildman–Crippen LogP) is 3.12. The van der Waals surface area contributed by atoms with Gasteiger partial charge in [-0.25, -0.2) is 8.42 Å². The fraction of sp³-hybridized carbons (Fsp3) is 0.250. The van der Waals surface area contributed by atoms with E-state index in [4.69, 9.17) is 5.26 Å². The molecule has 0 fully saturated rings. The molecular weight excluding hydrogens is 403 g/mol. The van der Waals surface area contributed by atoms with Crippen LogP contribution in [0, 0.1) is 11.3 Å². The number of nitrogens with zero attached hydrogens (tertiary/aromatic N) is 1. The van der Waals surface area contributed by atoms with Crippen LogP contribution in [0.4, 0.5) is 18.9 Å². The summed E-state index contributed by atoms with van der Waals surface area (Å²) in [7, 11) is -4.08. The highest BCUT2D eigenvalue weighted by Gasteiger charge is 2.34. The maximum absolute atomic E-state index is 13.0. The van der Waals surface area contributed by atoms with Crippen LogP contribution in [0.5, 0.6) is 0 Å². The molecule has 2 aromatic rings. The summed E-state index contributed by atoms with van der Waals surface area (Å²) in [5.41, 5.74) is -2.11. The molecular formula is C16H14F3N3O3S2. The first kappa shape index (κ1) is 20.7. The Kier molecular flexibility index (Phi) is 6.12. The molecule has 0 aliphatic heterocycles. The van der Waals surface area contributed by atoms with Crippen LogP contribution in [0.15, 0.2) is 34.5 Å². The van der Waals surface area contributed by atoms with Gasteiger partial charge in [0.25, 0.3) is 10.0 Å². The van der Waals surface area contributed by atoms with E-state index in [2.05, 4.69) is 10.0 Å². The maximum Gasteiger partial charge on any atom is 0.417 e. The molecule has 2 N–H and O–H groups in total. The maximum atomic E-state index is 13.0. The third-order valence-corrected chi connectivity index (χ3v) is 6.36. The summed E-state index contributed by atoms with van der Waals surface area (Å²) < 4.78 is 65.8. The molecule has 2 rings (SSSR count). The van der Waals surface area contributed by atoms with E-state index >= 15 is 0 Å². The van der Waals surface area contributed by atoms with Gasteiger partial charge in [-0.15, -0.1) is 11.3 Å². The monoisotopic (exact) mass is 417 g/mol. The molecule has 1 aromatic carbocycles. The molecule has 0 spiro atoms. The Labute approximate surface area is 157 Å². The number of benzene rings is 1. The summed E-state index contributed by atoms with van der Waals surface area (Å²) in [6.07, 6.45) is -4.36. The van der Waals surface area contributed by atoms with Crippen molar-refractivity contribution in [2.75, 3.05) is 11.3 Å². The summed E-state index contributed by atoms with van der Waals surface area (Å²) in [6, 6.07) is 6.93. The number of sulfonamides is 1. The van der Waals surface area contributed by atoms with Gasteiger partial charge in [0.1, 0.15) is 4.21 Å². The molecule has 144 valence electrons. The van der Waals surface area contributed by atoms with E-state index in [-0.39, 0.29) is 15.8 Å². The van der Waals surface area contributed by atoms with E-state index in [0.29, 0.717) is 23.9 Å². The molecule has 0 atom stereocenters. The molecule has 0 saturated heterocycles. The number of nitriles is 1. The van der Waals surface area contributed by atoms with E-state index in [9.17, 15) is 26.4 Å². The highest BCUT2D eigenvalue weighted by Crippen LogP contribution is 2.34. The van der Waals surface area contributed by atoms with E-state index in [0.717, 1.165) is 23.5 Å². The summed E-state index contributed by atoms with van der Waals surface area (Å²) in [5.74, 6) is -0.206. The quantitative estimate of drug-likeness (QED) is 0.754. The number of thiophene rings is 1. The van der Waals surface area contributed by atoms with Gasteiger partial charge in [0.05, 0.1) is 17.2 Å². The first-order chi connectivity index (χ1) is 12.5. The topological polar surface area (TPSA) is 99.1 Å². The van der Waals surface area contributed by atoms with Crippen LogP contribution in [0.1, 0.15) is 22.9 Å². The number of carbonyl (C=O) groups is 1. The van der Waals surface area contributed by atoms with E-state index in [1.54, 1.807) is 6.07 Å². The van der Waals surface area contributed by atoms with E-state index < -0.39 is 27.3 Å². The van der Waals surface area contributed by atoms with Gasteiger partial charge in [-0.2, -0.15) is 18.4 Å². The number of hydrogen-bond acceptors (Lipinski definition) is 5. The molecule has 0 unspecified atom stereocenters. The largest absolute Gasteiger partial charge is 0.417 e. The van der Waals surface area contributed by atoms with Crippen molar-refractivity contribution in [2.24, 2.45) is 0 Å². The minimum absolute atomic E-state index is 0.0711. The summed E-state index contributed by atoms with van der Waals surface area (Å²) in [5, 5.41) is 11.4. The van der Waals surface area contributed by atoms with Crippen molar-refractivity contribution in [1.82, 2.24) is 5.32 Å². The van der Waals surface area contributed by atoms with Gasteiger partial charge >= 0.3 is 6.18 Å². The smallest absolute Gasteiger partial charge is 0.356 e. The third-order valence-electron chi connectivity index (χ3n) is 3.34. The van der Waals surface area contributed by atoms with Crippen LogP contribution < -0.4 is 10.0 Å². The lowest BCUT2D eigenvalue weighted by molar-refractivity contribution is -0.137. The van der Waals surface area contributed by atoms with Crippen LogP contribution in [0.3, 0.4) is 0 Å². The van der Waals surface area contributed by atoms with Crippen LogP contribution in [-0.2, 0) is 27.4 Å². The molecule has 0 radical (unpaired) electrons. The number of hydrogen-bond donors (Lipinski definition) is 2. The fourth-order valence-electron chi connectivity index (χ4n) is 2.14. The molecule has 0 bridgehead atoms. The Hall–Kier alpha value is -2.58. The lowest BCUT2D eigenvalue weighted by Gasteiger charge is -2.12. The van der Waals surface area contributed by atoms with Crippen molar-refractivity contribution in [1.29, 1.82) is 5.26 Å². The van der Waals surface area contributed by atoms with Gasteiger partial charge in [0.2, 0.25) is 5.91 Å². The standard InChI is InChI=1S/C16H14F3N3O3S2/c1-10(23)21-7-6-13-4-5-15(26-13)27(24,25)22-12-3-2-11(9-20)14(8-12)16(17,18)19/h2-5,8,22H,6-7H2,1H3,(H,21,23). The number of amides is 1. The molecule has 1 aromatic heterocycles. The molecule has 27 heavy (non-hydrogen) atoms. The summed E-state index contributed by atoms with van der Waals surface area (Å²) in [4.78, 5) is 11.5. The van der Waals surface area contributed by atoms with Gasteiger partial charge in [0.15, 0.2) is 0 Å². The number of anilines is 1. The van der Waals surface area contributed by atoms with Crippen LogP contribution in [-0.4, -0.2) is 20.9 Å². The number of carbonyl (C=O) groups excluding carboxylic acids is 1. The average Bonchev–Trinajstić information content (AvgIpc) is 3.03. The molecule has 0 saturated carbocycles. The SMILES string of the molecule is CC(=O)NCCc1ccc(S(=O)(=O)Nc2ccc(C#N)c(C(F)(F)F)c2)s1. The van der Waals surface area contributed by atoms with Crippen molar-refractivity contribution >= 4 is 33.0 Å². The Morgan fingerprint density at radius 1 is 1.26 bits per heavy atom. The van der Waals surface area contributed by atoms with Crippen molar-refractivity contribution in [3.05, 3.63) is 46.3 Å². The highest BCUT2D eigenvalue weighted by molar-refractivity contribution is 7.94.